The number of amides is 1. The number of carbonyl (C=O) groups excluding carboxylic acids is 1. The molecular weight excluding hydrogens is 473 g/mol. The van der Waals surface area contributed by atoms with E-state index in [-0.39, 0.29) is 35.9 Å². The number of anilines is 1. The van der Waals surface area contributed by atoms with Crippen LogP contribution in [-0.2, 0) is 13.2 Å². The number of hydrogen-bond donors (Lipinski definition) is 2. The van der Waals surface area contributed by atoms with Crippen LogP contribution in [0.25, 0.3) is 10.9 Å². The summed E-state index contributed by atoms with van der Waals surface area (Å²) in [5, 5.41) is 12.8. The van der Waals surface area contributed by atoms with Gasteiger partial charge < -0.3 is 19.7 Å². The molecule has 7 nitrogen and oxygen atoms in total. The number of ether oxygens (including phenoxy) is 1. The molecule has 0 aliphatic rings. The van der Waals surface area contributed by atoms with Gasteiger partial charge in [0.2, 0.25) is 0 Å². The molecule has 1 amide bonds. The Morgan fingerprint density at radius 1 is 0.919 bits per heavy atom. The summed E-state index contributed by atoms with van der Waals surface area (Å²) in [6.07, 6.45) is 2.58. The van der Waals surface area contributed by atoms with Crippen molar-refractivity contribution in [3.05, 3.63) is 126 Å². The molecule has 5 rings (SSSR count). The molecule has 2 N–H and O–H groups in total. The minimum Gasteiger partial charge on any atom is -0.486 e. The van der Waals surface area contributed by atoms with Crippen molar-refractivity contribution in [2.75, 3.05) is 5.32 Å². The summed E-state index contributed by atoms with van der Waals surface area (Å²) in [4.78, 5) is 29.0. The molecule has 0 bridgehead atoms. The molecule has 0 saturated carbocycles. The van der Waals surface area contributed by atoms with Crippen molar-refractivity contribution >= 4 is 28.5 Å². The number of pyridine rings is 1. The first-order valence-electron chi connectivity index (χ1n) is 11.5. The van der Waals surface area contributed by atoms with E-state index in [9.17, 15) is 19.1 Å². The van der Waals surface area contributed by atoms with Gasteiger partial charge in [0.25, 0.3) is 5.91 Å². The smallest absolute Gasteiger partial charge is 0.337 e. The van der Waals surface area contributed by atoms with Crippen LogP contribution in [0.15, 0.2) is 97.3 Å². The number of halogens is 1. The van der Waals surface area contributed by atoms with Crippen molar-refractivity contribution in [1.29, 1.82) is 0 Å². The van der Waals surface area contributed by atoms with E-state index < -0.39 is 11.9 Å². The van der Waals surface area contributed by atoms with Crippen molar-refractivity contribution in [1.82, 2.24) is 9.55 Å². The second-order valence-electron chi connectivity index (χ2n) is 8.40. The highest BCUT2D eigenvalue weighted by molar-refractivity contribution is 6.10. The fraction of sp³-hybridized carbons (Fsp3) is 0.0690. The van der Waals surface area contributed by atoms with Gasteiger partial charge in [0, 0.05) is 18.1 Å². The van der Waals surface area contributed by atoms with E-state index in [2.05, 4.69) is 10.3 Å². The van der Waals surface area contributed by atoms with Crippen LogP contribution in [0.3, 0.4) is 0 Å². The lowest BCUT2D eigenvalue weighted by Crippen LogP contribution is -2.19. The molecule has 184 valence electrons. The molecule has 3 aromatic carbocycles. The quantitative estimate of drug-likeness (QED) is 0.286. The van der Waals surface area contributed by atoms with Crippen LogP contribution >= 0.6 is 0 Å². The first kappa shape index (κ1) is 23.7. The van der Waals surface area contributed by atoms with Gasteiger partial charge in [-0.3, -0.25) is 9.78 Å². The lowest BCUT2D eigenvalue weighted by molar-refractivity contribution is 0.0696. The lowest BCUT2D eigenvalue weighted by atomic mass is 10.2. The standard InChI is InChI=1S/C29H22FN3O4/c30-22-12-10-19(11-13-22)17-33-25-9-5-4-8-24(25)27(37-18-20-6-2-1-3-7-20)26(33)28(34)32-23-14-21(29(35)36)15-31-16-23/h1-16H,17-18H2,(H,32,34)(H,35,36). The van der Waals surface area contributed by atoms with E-state index in [1.807, 2.05) is 59.2 Å². The van der Waals surface area contributed by atoms with Crippen LogP contribution in [0, 0.1) is 5.82 Å². The minimum absolute atomic E-state index is 0.0507. The van der Waals surface area contributed by atoms with E-state index in [1.165, 1.54) is 30.6 Å². The Morgan fingerprint density at radius 2 is 1.65 bits per heavy atom. The zero-order valence-electron chi connectivity index (χ0n) is 19.6. The maximum Gasteiger partial charge on any atom is 0.337 e. The fourth-order valence-corrected chi connectivity index (χ4v) is 4.13. The normalized spacial score (nSPS) is 10.8. The Morgan fingerprint density at radius 3 is 2.41 bits per heavy atom. The number of hydrogen-bond acceptors (Lipinski definition) is 4. The second kappa shape index (κ2) is 10.3. The summed E-state index contributed by atoms with van der Waals surface area (Å²) in [5.74, 6) is -1.61. The summed E-state index contributed by atoms with van der Waals surface area (Å²) in [5.41, 5.74) is 2.92. The first-order valence-corrected chi connectivity index (χ1v) is 11.5. The SMILES string of the molecule is O=C(O)c1cncc(NC(=O)c2c(OCc3ccccc3)c3ccccc3n2Cc2ccc(F)cc2)c1. The van der Waals surface area contributed by atoms with Crippen molar-refractivity contribution in [2.24, 2.45) is 0 Å². The van der Waals surface area contributed by atoms with Gasteiger partial charge in [-0.1, -0.05) is 54.6 Å². The van der Waals surface area contributed by atoms with Crippen molar-refractivity contribution < 1.29 is 23.8 Å². The predicted molar refractivity (Wildman–Crippen MR) is 137 cm³/mol. The number of benzene rings is 3. The van der Waals surface area contributed by atoms with Gasteiger partial charge in [-0.05, 0) is 41.5 Å². The molecular formula is C29H22FN3O4. The van der Waals surface area contributed by atoms with Crippen molar-refractivity contribution in [2.45, 2.75) is 13.2 Å². The van der Waals surface area contributed by atoms with Crippen molar-refractivity contribution in [3.63, 3.8) is 0 Å². The first-order chi connectivity index (χ1) is 18.0. The molecule has 8 heteroatoms. The van der Waals surface area contributed by atoms with Gasteiger partial charge in [-0.25, -0.2) is 9.18 Å². The van der Waals surface area contributed by atoms with Crippen LogP contribution in [0.1, 0.15) is 32.0 Å². The number of carboxylic acid groups (broad SMARTS) is 1. The highest BCUT2D eigenvalue weighted by atomic mass is 19.1. The summed E-state index contributed by atoms with van der Waals surface area (Å²) in [6.45, 7) is 0.521. The molecule has 0 atom stereocenters. The molecule has 0 unspecified atom stereocenters. The zero-order chi connectivity index (χ0) is 25.8. The molecule has 37 heavy (non-hydrogen) atoms. The van der Waals surface area contributed by atoms with Gasteiger partial charge in [-0.15, -0.1) is 0 Å². The van der Waals surface area contributed by atoms with E-state index in [0.717, 1.165) is 22.0 Å². The zero-order valence-corrected chi connectivity index (χ0v) is 19.6. The average Bonchev–Trinajstić information content (AvgIpc) is 3.22. The molecule has 5 aromatic rings. The maximum atomic E-state index is 13.7. The molecule has 0 aliphatic heterocycles. The number of aromatic carboxylic acids is 1. The van der Waals surface area contributed by atoms with E-state index in [4.69, 9.17) is 4.74 Å². The van der Waals surface area contributed by atoms with Crippen molar-refractivity contribution in [3.8, 4) is 5.75 Å². The molecule has 0 saturated heterocycles. The van der Waals surface area contributed by atoms with E-state index in [0.29, 0.717) is 5.75 Å². The molecule has 0 spiro atoms. The molecule has 0 fully saturated rings. The second-order valence-corrected chi connectivity index (χ2v) is 8.40. The number of nitrogens with one attached hydrogen (secondary N) is 1. The average molecular weight is 496 g/mol. The van der Waals surface area contributed by atoms with Gasteiger partial charge >= 0.3 is 5.97 Å². The molecule has 0 radical (unpaired) electrons. The molecule has 0 aliphatic carbocycles. The van der Waals surface area contributed by atoms with Gasteiger partial charge in [0.05, 0.1) is 23.0 Å². The maximum absolute atomic E-state index is 13.7. The van der Waals surface area contributed by atoms with E-state index >= 15 is 0 Å². The Labute approximate surface area is 211 Å². The third-order valence-corrected chi connectivity index (χ3v) is 5.86. The predicted octanol–water partition coefficient (Wildman–Crippen LogP) is 5.75. The minimum atomic E-state index is -1.15. The molecule has 2 heterocycles. The third kappa shape index (κ3) is 5.18. The topological polar surface area (TPSA) is 93.4 Å². The van der Waals surface area contributed by atoms with Crippen LogP contribution in [0.4, 0.5) is 10.1 Å². The highest BCUT2D eigenvalue weighted by Crippen LogP contribution is 2.35. The van der Waals surface area contributed by atoms with Crippen LogP contribution in [0.2, 0.25) is 0 Å². The summed E-state index contributed by atoms with van der Waals surface area (Å²) in [7, 11) is 0. The van der Waals surface area contributed by atoms with Gasteiger partial charge in [0.1, 0.15) is 12.4 Å². The largest absolute Gasteiger partial charge is 0.486 e. The van der Waals surface area contributed by atoms with Gasteiger partial charge in [-0.2, -0.15) is 0 Å². The molecule has 2 aromatic heterocycles. The summed E-state index contributed by atoms with van der Waals surface area (Å²) < 4.78 is 21.6. The fourth-order valence-electron chi connectivity index (χ4n) is 4.13. The van der Waals surface area contributed by atoms with Gasteiger partial charge in [0.15, 0.2) is 11.4 Å². The third-order valence-electron chi connectivity index (χ3n) is 5.86. The number of nitrogens with zero attached hydrogens (tertiary/aromatic N) is 2. The number of aromatic nitrogens is 2. The number of carboxylic acids is 1. The summed E-state index contributed by atoms with van der Waals surface area (Å²) in [6, 6.07) is 24.5. The number of para-hydroxylation sites is 1. The lowest BCUT2D eigenvalue weighted by Gasteiger charge is -2.14. The van der Waals surface area contributed by atoms with Crippen LogP contribution < -0.4 is 10.1 Å². The Bertz CT molecular complexity index is 1580. The van der Waals surface area contributed by atoms with Crippen LogP contribution in [-0.4, -0.2) is 26.5 Å². The Balaban J connectivity index is 1.60. The number of rotatable bonds is 8. The Kier molecular flexibility index (Phi) is 6.63. The summed E-state index contributed by atoms with van der Waals surface area (Å²) >= 11 is 0. The number of fused-ring (bicyclic) bond motifs is 1. The van der Waals surface area contributed by atoms with E-state index in [1.54, 1.807) is 12.1 Å². The number of carbonyl (C=O) groups is 2. The Hall–Kier alpha value is -4.98. The highest BCUT2D eigenvalue weighted by Gasteiger charge is 2.25. The van der Waals surface area contributed by atoms with Crippen LogP contribution in [0.5, 0.6) is 5.75 Å². The monoisotopic (exact) mass is 495 g/mol.